The molecule has 0 bridgehead atoms. The maximum Gasteiger partial charge on any atom is 0.335 e. The van der Waals surface area contributed by atoms with Gasteiger partial charge < -0.3 is 9.84 Å². The third-order valence-corrected chi connectivity index (χ3v) is 4.52. The Balaban J connectivity index is 1.95. The summed E-state index contributed by atoms with van der Waals surface area (Å²) in [6.45, 7) is 0. The van der Waals surface area contributed by atoms with E-state index in [0.717, 1.165) is 10.0 Å². The van der Waals surface area contributed by atoms with Crippen LogP contribution in [0.4, 0.5) is 0 Å². The number of carboxylic acid groups (broad SMARTS) is 1. The highest BCUT2D eigenvalue weighted by Crippen LogP contribution is 2.41. The minimum atomic E-state index is -0.981. The summed E-state index contributed by atoms with van der Waals surface area (Å²) >= 11 is 6.76. The lowest BCUT2D eigenvalue weighted by molar-refractivity contribution is 0.0695. The zero-order chi connectivity index (χ0) is 15.9. The lowest BCUT2D eigenvalue weighted by Gasteiger charge is -2.26. The van der Waals surface area contributed by atoms with Crippen LogP contribution in [-0.4, -0.2) is 16.9 Å². The van der Waals surface area contributed by atoms with E-state index in [0.29, 0.717) is 15.8 Å². The average Bonchev–Trinajstić information content (AvgIpc) is 2.48. The maximum atomic E-state index is 12.3. The molecule has 0 unspecified atom stereocenters. The Morgan fingerprint density at radius 2 is 1.86 bits per heavy atom. The number of halogens is 2. The van der Waals surface area contributed by atoms with E-state index in [1.54, 1.807) is 18.2 Å². The normalized spacial score (nSPS) is 16.8. The summed E-state index contributed by atoms with van der Waals surface area (Å²) in [5, 5.41) is 8.92. The molecule has 1 aliphatic rings. The van der Waals surface area contributed by atoms with Crippen molar-refractivity contribution in [1.29, 1.82) is 0 Å². The Morgan fingerprint density at radius 3 is 2.50 bits per heavy atom. The van der Waals surface area contributed by atoms with Gasteiger partial charge in [0.05, 0.1) is 22.0 Å². The highest BCUT2D eigenvalue weighted by molar-refractivity contribution is 9.11. The molecule has 3 rings (SSSR count). The third kappa shape index (κ3) is 2.80. The van der Waals surface area contributed by atoms with E-state index in [2.05, 4.69) is 31.9 Å². The molecule has 2 aromatic rings. The molecule has 0 aromatic heterocycles. The molecule has 6 heteroatoms. The van der Waals surface area contributed by atoms with Gasteiger partial charge in [0.25, 0.3) is 0 Å². The average molecular weight is 426 g/mol. The molecule has 0 fully saturated rings. The zero-order valence-corrected chi connectivity index (χ0v) is 14.3. The monoisotopic (exact) mass is 424 g/mol. The van der Waals surface area contributed by atoms with Gasteiger partial charge in [0.15, 0.2) is 5.78 Å². The summed E-state index contributed by atoms with van der Waals surface area (Å²) in [7, 11) is 0. The Labute approximate surface area is 143 Å². The van der Waals surface area contributed by atoms with E-state index in [4.69, 9.17) is 9.84 Å². The number of benzene rings is 2. The highest BCUT2D eigenvalue weighted by Gasteiger charge is 2.29. The van der Waals surface area contributed by atoms with Gasteiger partial charge in [-0.2, -0.15) is 0 Å². The van der Waals surface area contributed by atoms with Crippen LogP contribution in [0.2, 0.25) is 0 Å². The van der Waals surface area contributed by atoms with Crippen LogP contribution in [0.5, 0.6) is 5.75 Å². The third-order valence-electron chi connectivity index (χ3n) is 3.47. The fraction of sp³-hybridized carbons (Fsp3) is 0.125. The van der Waals surface area contributed by atoms with Crippen LogP contribution in [0.1, 0.15) is 38.8 Å². The lowest BCUT2D eigenvalue weighted by atomic mass is 9.96. The van der Waals surface area contributed by atoms with Crippen molar-refractivity contribution in [2.24, 2.45) is 0 Å². The molecule has 112 valence electrons. The first kappa shape index (κ1) is 15.2. The number of carbonyl (C=O) groups is 2. The van der Waals surface area contributed by atoms with Crippen LogP contribution in [0, 0.1) is 0 Å². The second-order valence-corrected chi connectivity index (χ2v) is 6.70. The molecule has 1 N–H and O–H groups in total. The molecule has 0 amide bonds. The van der Waals surface area contributed by atoms with E-state index >= 15 is 0 Å². The quantitative estimate of drug-likeness (QED) is 0.762. The molecule has 22 heavy (non-hydrogen) atoms. The van der Waals surface area contributed by atoms with Crippen molar-refractivity contribution in [3.63, 3.8) is 0 Å². The van der Waals surface area contributed by atoms with Gasteiger partial charge in [-0.1, -0.05) is 28.1 Å². The Kier molecular flexibility index (Phi) is 4.06. The van der Waals surface area contributed by atoms with Gasteiger partial charge in [0.1, 0.15) is 11.9 Å². The van der Waals surface area contributed by atoms with E-state index < -0.39 is 12.1 Å². The largest absolute Gasteiger partial charge is 0.483 e. The predicted molar refractivity (Wildman–Crippen MR) is 87.6 cm³/mol. The van der Waals surface area contributed by atoms with Crippen LogP contribution in [0.25, 0.3) is 0 Å². The van der Waals surface area contributed by atoms with E-state index in [1.807, 2.05) is 6.07 Å². The molecule has 0 aliphatic carbocycles. The molecule has 1 heterocycles. The van der Waals surface area contributed by atoms with Gasteiger partial charge in [0.2, 0.25) is 0 Å². The van der Waals surface area contributed by atoms with Crippen molar-refractivity contribution >= 4 is 43.6 Å². The number of aromatic carboxylic acids is 1. The van der Waals surface area contributed by atoms with Gasteiger partial charge in [-0.25, -0.2) is 4.79 Å². The van der Waals surface area contributed by atoms with Crippen molar-refractivity contribution in [2.45, 2.75) is 12.5 Å². The van der Waals surface area contributed by atoms with Crippen LogP contribution in [-0.2, 0) is 0 Å². The minimum absolute atomic E-state index is 0.00411. The first-order chi connectivity index (χ1) is 10.5. The summed E-state index contributed by atoms with van der Waals surface area (Å²) in [4.78, 5) is 23.2. The topological polar surface area (TPSA) is 63.6 Å². The van der Waals surface area contributed by atoms with Crippen molar-refractivity contribution < 1.29 is 19.4 Å². The zero-order valence-electron chi connectivity index (χ0n) is 11.2. The summed E-state index contributed by atoms with van der Waals surface area (Å²) in [6.07, 6.45) is -0.192. The number of ether oxygens (including phenoxy) is 1. The maximum absolute atomic E-state index is 12.3. The molecule has 0 saturated heterocycles. The summed E-state index contributed by atoms with van der Waals surface area (Å²) in [6, 6.07) is 9.95. The van der Waals surface area contributed by atoms with E-state index in [9.17, 15) is 9.59 Å². The Hall–Kier alpha value is -1.66. The Morgan fingerprint density at radius 1 is 1.18 bits per heavy atom. The minimum Gasteiger partial charge on any atom is -0.483 e. The Bertz CT molecular complexity index is 768. The first-order valence-electron chi connectivity index (χ1n) is 6.48. The van der Waals surface area contributed by atoms with Crippen molar-refractivity contribution in [3.05, 3.63) is 62.0 Å². The fourth-order valence-electron chi connectivity index (χ4n) is 2.38. The molecule has 1 aliphatic heterocycles. The number of carbonyl (C=O) groups excluding carboxylic acids is 1. The molecule has 1 atom stereocenters. The van der Waals surface area contributed by atoms with Gasteiger partial charge in [0, 0.05) is 4.47 Å². The summed E-state index contributed by atoms with van der Waals surface area (Å²) in [5.41, 5.74) is 1.52. The van der Waals surface area contributed by atoms with Gasteiger partial charge in [-0.15, -0.1) is 0 Å². The smallest absolute Gasteiger partial charge is 0.335 e. The molecular formula is C16H10Br2O4. The highest BCUT2D eigenvalue weighted by atomic mass is 79.9. The number of hydrogen-bond acceptors (Lipinski definition) is 3. The lowest BCUT2D eigenvalue weighted by Crippen LogP contribution is -2.20. The number of fused-ring (bicyclic) bond motifs is 1. The van der Waals surface area contributed by atoms with Gasteiger partial charge in [-0.3, -0.25) is 4.79 Å². The predicted octanol–water partition coefficient (Wildman–Crippen LogP) is 4.62. The standard InChI is InChI=1S/C16H10Br2O4/c17-10-5-11-13(19)7-14(22-15(11)12(18)6-10)8-1-3-9(4-2-8)16(20)21/h1-6,14H,7H2,(H,20,21)/t14-/m0/s1. The fourth-order valence-corrected chi connectivity index (χ4v) is 3.69. The molecule has 0 spiro atoms. The number of Topliss-reactive ketones (excluding diaryl/α,β-unsaturated/α-hetero) is 1. The molecule has 2 aromatic carbocycles. The van der Waals surface area contributed by atoms with Crippen molar-refractivity contribution in [1.82, 2.24) is 0 Å². The van der Waals surface area contributed by atoms with Crippen molar-refractivity contribution in [3.8, 4) is 5.75 Å². The molecule has 0 radical (unpaired) electrons. The SMILES string of the molecule is O=C(O)c1ccc([C@@H]2CC(=O)c3cc(Br)cc(Br)c3O2)cc1. The van der Waals surface area contributed by atoms with E-state index in [1.165, 1.54) is 12.1 Å². The second-order valence-electron chi connectivity index (χ2n) is 4.93. The summed E-state index contributed by atoms with van der Waals surface area (Å²) in [5.74, 6) is -0.465. The number of rotatable bonds is 2. The molecular weight excluding hydrogens is 416 g/mol. The first-order valence-corrected chi connectivity index (χ1v) is 8.06. The number of hydrogen-bond donors (Lipinski definition) is 1. The van der Waals surface area contributed by atoms with Gasteiger partial charge >= 0.3 is 5.97 Å². The van der Waals surface area contributed by atoms with Crippen LogP contribution >= 0.6 is 31.9 Å². The van der Waals surface area contributed by atoms with Crippen molar-refractivity contribution in [2.75, 3.05) is 0 Å². The van der Waals surface area contributed by atoms with Crippen LogP contribution in [0.15, 0.2) is 45.3 Å². The number of ketones is 1. The van der Waals surface area contributed by atoms with Gasteiger partial charge in [-0.05, 0) is 45.8 Å². The second kappa shape index (κ2) is 5.85. The van der Waals surface area contributed by atoms with Crippen LogP contribution < -0.4 is 4.74 Å². The summed E-state index contributed by atoms with van der Waals surface area (Å²) < 4.78 is 7.45. The van der Waals surface area contributed by atoms with E-state index in [-0.39, 0.29) is 17.8 Å². The van der Waals surface area contributed by atoms with Crippen LogP contribution in [0.3, 0.4) is 0 Å². The number of carboxylic acids is 1. The molecule has 0 saturated carbocycles. The molecule has 4 nitrogen and oxygen atoms in total.